The number of nitrogens with zero attached hydrogens (tertiary/aromatic N) is 10. The zero-order chi connectivity index (χ0) is 55.3. The number of anilines is 3. The van der Waals surface area contributed by atoms with E-state index >= 15 is 0 Å². The van der Waals surface area contributed by atoms with Crippen molar-refractivity contribution in [1.29, 1.82) is 5.26 Å². The number of phenolic OH excluding ortho intramolecular Hbond substituents is 2. The number of carbonyl (C=O) groups is 3. The summed E-state index contributed by atoms with van der Waals surface area (Å²) in [6.45, 7) is 14.6. The van der Waals surface area contributed by atoms with Gasteiger partial charge in [-0.15, -0.1) is 0 Å². The standard InChI is InChI=1S/C59H68ClN13O6/c1-4-53(77)72-30-29-71(35-43(72)15-22-61)55-44-21-28-70(49-10-6-8-40-7-5-9-47(60)54(40)49)36-48(44)64-58(65-55)62-23-16-52(76)63-33-38-17-26-69(27-18-38)57(78)41-19-24-68(25-20-41)34-39-11-13-42(14-12-39)73-56(66-67-59(73)79)46-31-45(37(2)3)50(74)32-51(46)75/h4-14,31-32,37-38,41,43,74-75H,1,15-21,23-30,33-36H2,2-3H3,(H,63,76)(H,67,79)(H,62,64,65). The first kappa shape index (κ1) is 54.4. The highest BCUT2D eigenvalue weighted by Gasteiger charge is 2.35. The second kappa shape index (κ2) is 24.0. The van der Waals surface area contributed by atoms with Gasteiger partial charge in [0.25, 0.3) is 0 Å². The summed E-state index contributed by atoms with van der Waals surface area (Å²) in [5.74, 6) is 1.39. The fourth-order valence-electron chi connectivity index (χ4n) is 11.8. The SMILES string of the molecule is C=CC(=O)N1CCN(c2nc(NCCC(=O)NCC3CCN(C(=O)C4CCN(Cc5ccc(-n6c(-c7cc(C(C)C)c(O)cc7O)n[nH]c6=O)cc5)CC4)CC3)nc3c2CCN(c2cccc4cccc(Cl)c24)C3)CC1CC#N. The van der Waals surface area contributed by atoms with Crippen molar-refractivity contribution in [2.75, 3.05) is 80.6 Å². The number of aromatic nitrogens is 5. The number of piperidine rings is 2. The molecule has 6 aromatic rings. The van der Waals surface area contributed by atoms with E-state index in [1.807, 2.05) is 61.2 Å². The number of nitrogens with one attached hydrogen (secondary N) is 3. The van der Waals surface area contributed by atoms with Crippen molar-refractivity contribution in [1.82, 2.24) is 44.7 Å². The van der Waals surface area contributed by atoms with Gasteiger partial charge in [0.15, 0.2) is 5.82 Å². The summed E-state index contributed by atoms with van der Waals surface area (Å²) >= 11 is 6.78. The molecule has 3 amide bonds. The Kier molecular flexibility index (Phi) is 16.5. The van der Waals surface area contributed by atoms with E-state index in [0.717, 1.165) is 77.9 Å². The third kappa shape index (κ3) is 11.9. The molecule has 1 atom stereocenters. The number of halogens is 1. The maximum Gasteiger partial charge on any atom is 0.348 e. The van der Waals surface area contributed by atoms with Crippen molar-refractivity contribution in [3.8, 4) is 34.6 Å². The molecule has 1 unspecified atom stereocenters. The molecule has 0 radical (unpaired) electrons. The number of phenols is 2. The van der Waals surface area contributed by atoms with Crippen LogP contribution in [0.4, 0.5) is 17.5 Å². The molecule has 4 aliphatic rings. The van der Waals surface area contributed by atoms with Gasteiger partial charge in [-0.2, -0.15) is 15.3 Å². The van der Waals surface area contributed by atoms with Gasteiger partial charge in [0.1, 0.15) is 17.3 Å². The molecule has 0 aliphatic carbocycles. The van der Waals surface area contributed by atoms with E-state index in [2.05, 4.69) is 66.4 Å². The van der Waals surface area contributed by atoms with Crippen LogP contribution in [0.25, 0.3) is 27.8 Å². The van der Waals surface area contributed by atoms with E-state index in [1.165, 1.54) is 16.7 Å². The van der Waals surface area contributed by atoms with Crippen LogP contribution in [0.2, 0.25) is 5.02 Å². The van der Waals surface area contributed by atoms with Gasteiger partial charge in [-0.3, -0.25) is 19.3 Å². The predicted octanol–water partition coefficient (Wildman–Crippen LogP) is 7.11. The van der Waals surface area contributed by atoms with Crippen molar-refractivity contribution < 1.29 is 24.6 Å². The van der Waals surface area contributed by atoms with Crippen molar-refractivity contribution in [2.24, 2.45) is 11.8 Å². The number of hydrogen-bond acceptors (Lipinski definition) is 14. The molecule has 10 rings (SSSR count). The molecule has 0 bridgehead atoms. The Morgan fingerprint density at radius 3 is 2.42 bits per heavy atom. The normalized spacial score (nSPS) is 17.4. The molecule has 79 heavy (non-hydrogen) atoms. The predicted molar refractivity (Wildman–Crippen MR) is 304 cm³/mol. The van der Waals surface area contributed by atoms with Crippen molar-refractivity contribution in [3.05, 3.63) is 123 Å². The number of aromatic amines is 1. The molecule has 5 N–H and O–H groups in total. The van der Waals surface area contributed by atoms with E-state index in [9.17, 15) is 34.7 Å². The van der Waals surface area contributed by atoms with E-state index in [1.54, 1.807) is 11.0 Å². The monoisotopic (exact) mass is 1090 g/mol. The van der Waals surface area contributed by atoms with Gasteiger partial charge < -0.3 is 40.4 Å². The van der Waals surface area contributed by atoms with Crippen LogP contribution >= 0.6 is 11.6 Å². The molecule has 3 fully saturated rings. The second-order valence-electron chi connectivity index (χ2n) is 21.5. The number of aromatic hydroxyl groups is 2. The minimum Gasteiger partial charge on any atom is -0.508 e. The number of rotatable bonds is 16. The van der Waals surface area contributed by atoms with Crippen molar-refractivity contribution in [2.45, 2.75) is 83.8 Å². The zero-order valence-corrected chi connectivity index (χ0v) is 45.6. The van der Waals surface area contributed by atoms with Gasteiger partial charge in [0.2, 0.25) is 23.7 Å². The van der Waals surface area contributed by atoms with Gasteiger partial charge in [-0.1, -0.05) is 68.4 Å². The first-order chi connectivity index (χ1) is 38.3. The molecule has 4 aromatic carbocycles. The Morgan fingerprint density at radius 2 is 1.68 bits per heavy atom. The lowest BCUT2D eigenvalue weighted by atomic mass is 9.92. The zero-order valence-electron chi connectivity index (χ0n) is 44.8. The fourth-order valence-corrected chi connectivity index (χ4v) is 12.1. The Bertz CT molecular complexity index is 3330. The van der Waals surface area contributed by atoms with Crippen LogP contribution in [-0.2, 0) is 33.9 Å². The number of hydrogen-bond donors (Lipinski definition) is 5. The Labute approximate surface area is 464 Å². The molecule has 19 nitrogen and oxygen atoms in total. The lowest BCUT2D eigenvalue weighted by Gasteiger charge is -2.42. The number of nitriles is 1. The summed E-state index contributed by atoms with van der Waals surface area (Å²) in [6.07, 6.45) is 5.56. The highest BCUT2D eigenvalue weighted by molar-refractivity contribution is 6.36. The molecule has 0 saturated carbocycles. The Morgan fingerprint density at radius 1 is 0.924 bits per heavy atom. The third-order valence-electron chi connectivity index (χ3n) is 16.1. The minimum atomic E-state index is -0.447. The topological polar surface area (TPSA) is 232 Å². The molecule has 4 aliphatic heterocycles. The molecule has 412 valence electrons. The van der Waals surface area contributed by atoms with Gasteiger partial charge in [0, 0.05) is 93.9 Å². The number of piperazine rings is 1. The summed E-state index contributed by atoms with van der Waals surface area (Å²) in [6, 6.07) is 24.6. The molecular weight excluding hydrogens is 1020 g/mol. The summed E-state index contributed by atoms with van der Waals surface area (Å²) in [5, 5.41) is 46.7. The number of amides is 3. The number of H-pyrrole nitrogens is 1. The first-order valence-corrected chi connectivity index (χ1v) is 27.9. The fraction of sp³-hybridized carbons (Fsp3) is 0.424. The average molecular weight is 1090 g/mol. The number of fused-ring (bicyclic) bond motifs is 2. The molecule has 3 saturated heterocycles. The molecule has 2 aromatic heterocycles. The van der Waals surface area contributed by atoms with Crippen LogP contribution in [0.1, 0.15) is 80.7 Å². The Balaban J connectivity index is 0.693. The Hall–Kier alpha value is -7.95. The van der Waals surface area contributed by atoms with Gasteiger partial charge in [-0.25, -0.2) is 19.4 Å². The number of benzene rings is 4. The van der Waals surface area contributed by atoms with Crippen LogP contribution in [0.5, 0.6) is 11.5 Å². The summed E-state index contributed by atoms with van der Waals surface area (Å²) in [7, 11) is 0. The van der Waals surface area contributed by atoms with Crippen molar-refractivity contribution in [3.63, 3.8) is 0 Å². The third-order valence-corrected chi connectivity index (χ3v) is 16.5. The first-order valence-electron chi connectivity index (χ1n) is 27.5. The van der Waals surface area contributed by atoms with Crippen LogP contribution < -0.4 is 26.1 Å². The van der Waals surface area contributed by atoms with Crippen LogP contribution in [0.3, 0.4) is 0 Å². The van der Waals surface area contributed by atoms with Crippen LogP contribution in [-0.4, -0.2) is 139 Å². The van der Waals surface area contributed by atoms with E-state index in [4.69, 9.17) is 21.6 Å². The lowest BCUT2D eigenvalue weighted by Crippen LogP contribution is -2.55. The lowest BCUT2D eigenvalue weighted by molar-refractivity contribution is -0.138. The van der Waals surface area contributed by atoms with E-state index < -0.39 is 5.69 Å². The van der Waals surface area contributed by atoms with Crippen LogP contribution in [0, 0.1) is 23.2 Å². The van der Waals surface area contributed by atoms with Gasteiger partial charge >= 0.3 is 5.69 Å². The quantitative estimate of drug-likeness (QED) is 0.0609. The maximum absolute atomic E-state index is 13.8. The van der Waals surface area contributed by atoms with Gasteiger partial charge in [-0.05, 0) is 110 Å². The summed E-state index contributed by atoms with van der Waals surface area (Å²) < 4.78 is 1.41. The molecular formula is C59H68ClN13O6. The maximum atomic E-state index is 13.8. The second-order valence-corrected chi connectivity index (χ2v) is 21.9. The van der Waals surface area contributed by atoms with E-state index in [-0.39, 0.29) is 71.7 Å². The molecule has 20 heteroatoms. The number of carbonyl (C=O) groups excluding carboxylic acids is 3. The summed E-state index contributed by atoms with van der Waals surface area (Å²) in [4.78, 5) is 73.4. The smallest absolute Gasteiger partial charge is 0.348 e. The largest absolute Gasteiger partial charge is 0.508 e. The molecule has 0 spiro atoms. The highest BCUT2D eigenvalue weighted by Crippen LogP contribution is 2.39. The van der Waals surface area contributed by atoms with Crippen molar-refractivity contribution >= 4 is 57.5 Å². The molecule has 6 heterocycles. The number of likely N-dealkylation sites (tertiary alicyclic amines) is 2. The van der Waals surface area contributed by atoms with E-state index in [0.29, 0.717) is 99.7 Å². The highest BCUT2D eigenvalue weighted by atomic mass is 35.5. The minimum absolute atomic E-state index is 0.0142. The average Bonchev–Trinajstić information content (AvgIpc) is 3.91. The summed E-state index contributed by atoms with van der Waals surface area (Å²) in [5.41, 5.74) is 5.10. The van der Waals surface area contributed by atoms with Crippen LogP contribution in [0.15, 0.2) is 90.2 Å². The van der Waals surface area contributed by atoms with Gasteiger partial charge in [0.05, 0.1) is 47.0 Å².